The van der Waals surface area contributed by atoms with Crippen LogP contribution in [-0.2, 0) is 4.79 Å². The van der Waals surface area contributed by atoms with Gasteiger partial charge in [-0.3, -0.25) is 14.4 Å². The summed E-state index contributed by atoms with van der Waals surface area (Å²) in [6, 6.07) is 6.03. The number of Topliss-reactive ketones (excluding diaryl/α,β-unsaturated/α-hetero) is 2. The summed E-state index contributed by atoms with van der Waals surface area (Å²) in [5, 5.41) is 2.57. The van der Waals surface area contributed by atoms with Crippen LogP contribution in [0.2, 0.25) is 0 Å². The molecule has 1 aromatic rings. The van der Waals surface area contributed by atoms with E-state index in [1.54, 1.807) is 38.1 Å². The first-order chi connectivity index (χ1) is 9.43. The highest BCUT2D eigenvalue weighted by Crippen LogP contribution is 2.25. The molecule has 0 heterocycles. The number of amides is 1. The molecule has 1 aliphatic carbocycles. The van der Waals surface area contributed by atoms with Gasteiger partial charge < -0.3 is 11.1 Å². The molecule has 0 bridgehead atoms. The van der Waals surface area contributed by atoms with Crippen LogP contribution >= 0.6 is 0 Å². The average molecular weight is 272 g/mol. The maximum absolute atomic E-state index is 12.4. The van der Waals surface area contributed by atoms with Gasteiger partial charge in [0.2, 0.25) is 5.91 Å². The zero-order chi connectivity index (χ0) is 14.9. The fourth-order valence-electron chi connectivity index (χ4n) is 2.10. The van der Waals surface area contributed by atoms with E-state index >= 15 is 0 Å². The van der Waals surface area contributed by atoms with Gasteiger partial charge in [0, 0.05) is 28.8 Å². The summed E-state index contributed by atoms with van der Waals surface area (Å²) in [5.41, 5.74) is 6.94. The van der Waals surface area contributed by atoms with Gasteiger partial charge in [0.05, 0.1) is 6.04 Å². The van der Waals surface area contributed by atoms with E-state index in [2.05, 4.69) is 5.32 Å². The summed E-state index contributed by atoms with van der Waals surface area (Å²) >= 11 is 0. The SMILES string of the molecule is CC1=C(CNC(=O)C(C)N)C(=O)c2ccccc2C1=O. The molecule has 0 radical (unpaired) electrons. The van der Waals surface area contributed by atoms with Crippen LogP contribution < -0.4 is 11.1 Å². The molecule has 0 spiro atoms. The van der Waals surface area contributed by atoms with E-state index in [4.69, 9.17) is 5.73 Å². The highest BCUT2D eigenvalue weighted by Gasteiger charge is 2.29. The van der Waals surface area contributed by atoms with Crippen LogP contribution in [0.4, 0.5) is 0 Å². The number of carbonyl (C=O) groups is 3. The smallest absolute Gasteiger partial charge is 0.236 e. The highest BCUT2D eigenvalue weighted by molar-refractivity contribution is 6.26. The first kappa shape index (κ1) is 14.1. The van der Waals surface area contributed by atoms with Crippen LogP contribution in [0.25, 0.3) is 0 Å². The van der Waals surface area contributed by atoms with Crippen molar-refractivity contribution in [3.63, 3.8) is 0 Å². The lowest BCUT2D eigenvalue weighted by molar-refractivity contribution is -0.121. The molecule has 1 aromatic carbocycles. The van der Waals surface area contributed by atoms with Crippen LogP contribution in [0.3, 0.4) is 0 Å². The molecule has 3 N–H and O–H groups in total. The van der Waals surface area contributed by atoms with Gasteiger partial charge in [-0.25, -0.2) is 0 Å². The molecule has 5 nitrogen and oxygen atoms in total. The second kappa shape index (κ2) is 5.38. The van der Waals surface area contributed by atoms with E-state index in [0.29, 0.717) is 22.3 Å². The number of ketones is 2. The van der Waals surface area contributed by atoms with E-state index in [9.17, 15) is 14.4 Å². The van der Waals surface area contributed by atoms with Crippen molar-refractivity contribution in [3.8, 4) is 0 Å². The van der Waals surface area contributed by atoms with Crippen LogP contribution in [-0.4, -0.2) is 30.1 Å². The van der Waals surface area contributed by atoms with E-state index in [1.165, 1.54) is 0 Å². The van der Waals surface area contributed by atoms with E-state index in [0.717, 1.165) is 0 Å². The Balaban J connectivity index is 2.30. The maximum Gasteiger partial charge on any atom is 0.236 e. The fraction of sp³-hybridized carbons (Fsp3) is 0.267. The van der Waals surface area contributed by atoms with Gasteiger partial charge in [0.1, 0.15) is 0 Å². The van der Waals surface area contributed by atoms with Crippen molar-refractivity contribution in [2.24, 2.45) is 5.73 Å². The van der Waals surface area contributed by atoms with E-state index in [1.807, 2.05) is 0 Å². The number of nitrogens with two attached hydrogens (primary N) is 1. The number of carbonyl (C=O) groups excluding carboxylic acids is 3. The quantitative estimate of drug-likeness (QED) is 0.853. The molecule has 20 heavy (non-hydrogen) atoms. The van der Waals surface area contributed by atoms with Crippen molar-refractivity contribution in [2.75, 3.05) is 6.54 Å². The second-order valence-corrected chi connectivity index (χ2v) is 4.81. The largest absolute Gasteiger partial charge is 0.351 e. The lowest BCUT2D eigenvalue weighted by Crippen LogP contribution is -2.40. The molecule has 5 heteroatoms. The van der Waals surface area contributed by atoms with Crippen molar-refractivity contribution >= 4 is 17.5 Å². The summed E-state index contributed by atoms with van der Waals surface area (Å²) < 4.78 is 0. The van der Waals surface area contributed by atoms with Crippen LogP contribution in [0.5, 0.6) is 0 Å². The predicted molar refractivity (Wildman–Crippen MR) is 74.5 cm³/mol. The van der Waals surface area contributed by atoms with Crippen molar-refractivity contribution in [1.29, 1.82) is 0 Å². The van der Waals surface area contributed by atoms with Crippen LogP contribution in [0.1, 0.15) is 34.6 Å². The monoisotopic (exact) mass is 272 g/mol. The van der Waals surface area contributed by atoms with E-state index < -0.39 is 6.04 Å². The predicted octanol–water partition coefficient (Wildman–Crippen LogP) is 0.845. The Morgan fingerprint density at radius 2 is 1.75 bits per heavy atom. The van der Waals surface area contributed by atoms with Crippen LogP contribution in [0.15, 0.2) is 35.4 Å². The van der Waals surface area contributed by atoms with Crippen molar-refractivity contribution in [3.05, 3.63) is 46.5 Å². The van der Waals surface area contributed by atoms with Gasteiger partial charge in [-0.15, -0.1) is 0 Å². The highest BCUT2D eigenvalue weighted by atomic mass is 16.2. The first-order valence-corrected chi connectivity index (χ1v) is 6.35. The van der Waals surface area contributed by atoms with Gasteiger partial charge in [-0.2, -0.15) is 0 Å². The maximum atomic E-state index is 12.4. The lowest BCUT2D eigenvalue weighted by atomic mass is 9.84. The Morgan fingerprint density at radius 1 is 1.20 bits per heavy atom. The molecular weight excluding hydrogens is 256 g/mol. The van der Waals surface area contributed by atoms with Gasteiger partial charge in [-0.1, -0.05) is 24.3 Å². The lowest BCUT2D eigenvalue weighted by Gasteiger charge is -2.19. The Labute approximate surface area is 116 Å². The second-order valence-electron chi connectivity index (χ2n) is 4.81. The number of nitrogens with one attached hydrogen (secondary N) is 1. The minimum atomic E-state index is -0.655. The standard InChI is InChI=1S/C15H16N2O3/c1-8-12(7-17-15(20)9(2)16)14(19)11-6-4-3-5-10(11)13(8)18/h3-6,9H,7,16H2,1-2H3,(H,17,20). The zero-order valence-electron chi connectivity index (χ0n) is 11.4. The Hall–Kier alpha value is -2.27. The first-order valence-electron chi connectivity index (χ1n) is 6.35. The molecule has 1 amide bonds. The molecule has 0 aromatic heterocycles. The Kier molecular flexibility index (Phi) is 3.81. The molecule has 1 aliphatic rings. The van der Waals surface area contributed by atoms with E-state index in [-0.39, 0.29) is 24.0 Å². The number of rotatable bonds is 3. The number of hydrogen-bond acceptors (Lipinski definition) is 4. The van der Waals surface area contributed by atoms with Crippen molar-refractivity contribution in [2.45, 2.75) is 19.9 Å². The molecule has 1 atom stereocenters. The number of hydrogen-bond donors (Lipinski definition) is 2. The van der Waals surface area contributed by atoms with Gasteiger partial charge in [0.25, 0.3) is 0 Å². The molecule has 0 saturated carbocycles. The normalized spacial score (nSPS) is 15.9. The fourth-order valence-corrected chi connectivity index (χ4v) is 2.10. The Bertz CT molecular complexity index is 630. The molecule has 0 aliphatic heterocycles. The molecule has 1 unspecified atom stereocenters. The van der Waals surface area contributed by atoms with Gasteiger partial charge >= 0.3 is 0 Å². The molecule has 2 rings (SSSR count). The number of fused-ring (bicyclic) bond motifs is 1. The third-order valence-electron chi connectivity index (χ3n) is 3.34. The molecule has 104 valence electrons. The van der Waals surface area contributed by atoms with Crippen molar-refractivity contribution < 1.29 is 14.4 Å². The summed E-state index contributed by atoms with van der Waals surface area (Å²) in [5.74, 6) is -0.752. The number of allylic oxidation sites excluding steroid dienone is 1. The topological polar surface area (TPSA) is 89.3 Å². The third-order valence-corrected chi connectivity index (χ3v) is 3.34. The van der Waals surface area contributed by atoms with Crippen molar-refractivity contribution in [1.82, 2.24) is 5.32 Å². The van der Waals surface area contributed by atoms with Gasteiger partial charge in [-0.05, 0) is 13.8 Å². The molecular formula is C15H16N2O3. The Morgan fingerprint density at radius 3 is 2.30 bits per heavy atom. The van der Waals surface area contributed by atoms with Gasteiger partial charge in [0.15, 0.2) is 11.6 Å². The minimum absolute atomic E-state index is 0.0190. The summed E-state index contributed by atoms with van der Waals surface area (Å²) in [6.07, 6.45) is 0. The average Bonchev–Trinajstić information content (AvgIpc) is 2.44. The molecule has 0 saturated heterocycles. The summed E-state index contributed by atoms with van der Waals surface area (Å²) in [4.78, 5) is 36.0. The zero-order valence-corrected chi connectivity index (χ0v) is 11.4. The third kappa shape index (κ3) is 2.40. The molecule has 0 fully saturated rings. The minimum Gasteiger partial charge on any atom is -0.351 e. The number of benzene rings is 1. The van der Waals surface area contributed by atoms with Crippen LogP contribution in [0, 0.1) is 0 Å². The summed E-state index contributed by atoms with van der Waals surface area (Å²) in [7, 11) is 0. The summed E-state index contributed by atoms with van der Waals surface area (Å²) in [6.45, 7) is 3.17.